The van der Waals surface area contributed by atoms with Crippen molar-refractivity contribution in [2.24, 2.45) is 11.5 Å². The highest BCUT2D eigenvalue weighted by Gasteiger charge is 2.17. The molecule has 0 atom stereocenters. The van der Waals surface area contributed by atoms with Gasteiger partial charge in [-0.2, -0.15) is 0 Å². The zero-order valence-electron chi connectivity index (χ0n) is 10.6. The fourth-order valence-corrected chi connectivity index (χ4v) is 1.88. The molecule has 0 aliphatic heterocycles. The molecule has 7 heteroatoms. The summed E-state index contributed by atoms with van der Waals surface area (Å²) in [6.07, 6.45) is 1.85. The topological polar surface area (TPSA) is 124 Å². The van der Waals surface area contributed by atoms with Crippen molar-refractivity contribution in [3.8, 4) is 0 Å². The standard InChI is InChI=1S/C13H14N4O3/c14-6-4-8-2-1-3-9(11(8)12(15)18)17-13(19)10-5-7-16-20-10/h1-3,5,7H,4,6,14H2,(H2,15,18)(H,17,19). The second-order valence-corrected chi connectivity index (χ2v) is 4.07. The normalized spacial score (nSPS) is 10.2. The summed E-state index contributed by atoms with van der Waals surface area (Å²) in [5.74, 6) is -1.08. The largest absolute Gasteiger partial charge is 0.366 e. The average Bonchev–Trinajstić information content (AvgIpc) is 2.92. The molecule has 2 rings (SSSR count). The predicted octanol–water partition coefficient (Wildman–Crippen LogP) is 0.527. The number of primary amides is 1. The Bertz CT molecular complexity index is 623. The molecule has 0 aliphatic rings. The number of hydrogen-bond acceptors (Lipinski definition) is 5. The number of aromatic nitrogens is 1. The van der Waals surface area contributed by atoms with Gasteiger partial charge in [-0.05, 0) is 24.6 Å². The second-order valence-electron chi connectivity index (χ2n) is 4.07. The van der Waals surface area contributed by atoms with E-state index in [0.717, 1.165) is 0 Å². The summed E-state index contributed by atoms with van der Waals surface area (Å²) < 4.78 is 4.75. The highest BCUT2D eigenvalue weighted by molar-refractivity contribution is 6.08. The zero-order valence-corrected chi connectivity index (χ0v) is 10.6. The first-order valence-corrected chi connectivity index (χ1v) is 5.97. The van der Waals surface area contributed by atoms with E-state index in [0.29, 0.717) is 24.2 Å². The number of hydrogen-bond donors (Lipinski definition) is 3. The molecule has 20 heavy (non-hydrogen) atoms. The van der Waals surface area contributed by atoms with Gasteiger partial charge in [-0.15, -0.1) is 0 Å². The number of amides is 2. The fraction of sp³-hybridized carbons (Fsp3) is 0.154. The first-order valence-electron chi connectivity index (χ1n) is 5.97. The van der Waals surface area contributed by atoms with Crippen LogP contribution in [0.3, 0.4) is 0 Å². The molecular weight excluding hydrogens is 260 g/mol. The third-order valence-electron chi connectivity index (χ3n) is 2.72. The van der Waals surface area contributed by atoms with Gasteiger partial charge in [0, 0.05) is 6.07 Å². The van der Waals surface area contributed by atoms with Gasteiger partial charge in [0.25, 0.3) is 11.8 Å². The summed E-state index contributed by atoms with van der Waals surface area (Å²) in [6, 6.07) is 6.47. The molecule has 2 aromatic rings. The molecule has 7 nitrogen and oxygen atoms in total. The quantitative estimate of drug-likeness (QED) is 0.733. The Morgan fingerprint density at radius 3 is 2.70 bits per heavy atom. The molecule has 0 saturated heterocycles. The van der Waals surface area contributed by atoms with E-state index in [1.807, 2.05) is 0 Å². The maximum atomic E-state index is 11.9. The van der Waals surface area contributed by atoms with Gasteiger partial charge in [-0.1, -0.05) is 17.3 Å². The lowest BCUT2D eigenvalue weighted by Gasteiger charge is -2.12. The Hall–Kier alpha value is -2.67. The van der Waals surface area contributed by atoms with Gasteiger partial charge >= 0.3 is 0 Å². The van der Waals surface area contributed by atoms with Gasteiger partial charge in [-0.3, -0.25) is 9.59 Å². The molecule has 2 amide bonds. The fourth-order valence-electron chi connectivity index (χ4n) is 1.88. The molecule has 0 fully saturated rings. The van der Waals surface area contributed by atoms with Gasteiger partial charge in [-0.25, -0.2) is 0 Å². The van der Waals surface area contributed by atoms with Crippen molar-refractivity contribution in [3.05, 3.63) is 47.3 Å². The Kier molecular flexibility index (Phi) is 4.11. The van der Waals surface area contributed by atoms with E-state index in [1.54, 1.807) is 18.2 Å². The van der Waals surface area contributed by atoms with Crippen LogP contribution in [-0.4, -0.2) is 23.5 Å². The summed E-state index contributed by atoms with van der Waals surface area (Å²) in [5, 5.41) is 6.02. The van der Waals surface area contributed by atoms with Crippen molar-refractivity contribution >= 4 is 17.5 Å². The van der Waals surface area contributed by atoms with Crippen LogP contribution in [0.25, 0.3) is 0 Å². The number of benzene rings is 1. The number of anilines is 1. The molecule has 0 spiro atoms. The molecule has 0 saturated carbocycles. The SMILES string of the molecule is NCCc1cccc(NC(=O)c2ccno2)c1C(N)=O. The molecule has 0 unspecified atom stereocenters. The maximum Gasteiger partial charge on any atom is 0.294 e. The Balaban J connectivity index is 2.33. The first-order chi connectivity index (χ1) is 9.63. The third-order valence-corrected chi connectivity index (χ3v) is 2.72. The summed E-state index contributed by atoms with van der Waals surface area (Å²) in [7, 11) is 0. The van der Waals surface area contributed by atoms with Crippen LogP contribution in [0.2, 0.25) is 0 Å². The number of carbonyl (C=O) groups excluding carboxylic acids is 2. The smallest absolute Gasteiger partial charge is 0.294 e. The molecular formula is C13H14N4O3. The van der Waals surface area contributed by atoms with Crippen molar-refractivity contribution in [2.75, 3.05) is 11.9 Å². The van der Waals surface area contributed by atoms with Gasteiger partial charge in [0.2, 0.25) is 5.76 Å². The average molecular weight is 274 g/mol. The van der Waals surface area contributed by atoms with Crippen LogP contribution in [0.5, 0.6) is 0 Å². The van der Waals surface area contributed by atoms with Gasteiger partial charge in [0.15, 0.2) is 0 Å². The number of nitrogens with zero attached hydrogens (tertiary/aromatic N) is 1. The van der Waals surface area contributed by atoms with Gasteiger partial charge in [0.1, 0.15) is 0 Å². The van der Waals surface area contributed by atoms with Crippen LogP contribution >= 0.6 is 0 Å². The highest BCUT2D eigenvalue weighted by Crippen LogP contribution is 2.21. The molecule has 0 aliphatic carbocycles. The van der Waals surface area contributed by atoms with Crippen LogP contribution in [0, 0.1) is 0 Å². The third kappa shape index (κ3) is 2.83. The monoisotopic (exact) mass is 274 g/mol. The summed E-state index contributed by atoms with van der Waals surface area (Å²) in [4.78, 5) is 23.5. The van der Waals surface area contributed by atoms with E-state index in [-0.39, 0.29) is 11.3 Å². The van der Waals surface area contributed by atoms with Crippen LogP contribution < -0.4 is 16.8 Å². The number of rotatable bonds is 5. The van der Waals surface area contributed by atoms with Crippen LogP contribution in [-0.2, 0) is 6.42 Å². The first kappa shape index (κ1) is 13.8. The number of nitrogens with two attached hydrogens (primary N) is 2. The summed E-state index contributed by atoms with van der Waals surface area (Å²) >= 11 is 0. The van der Waals surface area contributed by atoms with E-state index >= 15 is 0 Å². The van der Waals surface area contributed by atoms with Crippen molar-refractivity contribution in [1.29, 1.82) is 0 Å². The van der Waals surface area contributed by atoms with Crippen molar-refractivity contribution < 1.29 is 14.1 Å². The van der Waals surface area contributed by atoms with Crippen LogP contribution in [0.4, 0.5) is 5.69 Å². The van der Waals surface area contributed by atoms with Crippen LogP contribution in [0.15, 0.2) is 35.0 Å². The lowest BCUT2D eigenvalue weighted by atomic mass is 10.0. The molecule has 5 N–H and O–H groups in total. The van der Waals surface area contributed by atoms with Crippen molar-refractivity contribution in [2.45, 2.75) is 6.42 Å². The van der Waals surface area contributed by atoms with Crippen molar-refractivity contribution in [3.63, 3.8) is 0 Å². The summed E-state index contributed by atoms with van der Waals surface area (Å²) in [6.45, 7) is 0.375. The molecule has 1 heterocycles. The Morgan fingerprint density at radius 1 is 1.30 bits per heavy atom. The minimum atomic E-state index is -0.623. The molecule has 104 valence electrons. The van der Waals surface area contributed by atoms with Gasteiger partial charge in [0.05, 0.1) is 17.4 Å². The van der Waals surface area contributed by atoms with Gasteiger partial charge < -0.3 is 21.3 Å². The van der Waals surface area contributed by atoms with E-state index in [4.69, 9.17) is 16.0 Å². The lowest BCUT2D eigenvalue weighted by Crippen LogP contribution is -2.20. The number of nitrogens with one attached hydrogen (secondary N) is 1. The number of carbonyl (C=O) groups is 2. The van der Waals surface area contributed by atoms with Crippen LogP contribution in [0.1, 0.15) is 26.5 Å². The maximum absolute atomic E-state index is 11.9. The summed E-state index contributed by atoms with van der Waals surface area (Å²) in [5.41, 5.74) is 12.1. The highest BCUT2D eigenvalue weighted by atomic mass is 16.5. The van der Waals surface area contributed by atoms with E-state index in [1.165, 1.54) is 12.3 Å². The van der Waals surface area contributed by atoms with E-state index in [9.17, 15) is 9.59 Å². The zero-order chi connectivity index (χ0) is 14.5. The Labute approximate surface area is 114 Å². The molecule has 1 aromatic carbocycles. The minimum absolute atomic E-state index is 0.0460. The lowest BCUT2D eigenvalue weighted by molar-refractivity contribution is 0.0988. The van der Waals surface area contributed by atoms with E-state index in [2.05, 4.69) is 10.5 Å². The predicted molar refractivity (Wildman–Crippen MR) is 72.2 cm³/mol. The molecule has 0 radical (unpaired) electrons. The second kappa shape index (κ2) is 5.98. The molecule has 0 bridgehead atoms. The van der Waals surface area contributed by atoms with E-state index < -0.39 is 11.8 Å². The minimum Gasteiger partial charge on any atom is -0.366 e. The molecule has 1 aromatic heterocycles. The Morgan fingerprint density at radius 2 is 2.10 bits per heavy atom. The van der Waals surface area contributed by atoms with Crippen molar-refractivity contribution in [1.82, 2.24) is 5.16 Å².